The normalized spacial score (nSPS) is 13.5. The van der Waals surface area contributed by atoms with E-state index in [0.29, 0.717) is 49.1 Å². The summed E-state index contributed by atoms with van der Waals surface area (Å²) in [5.41, 5.74) is 3.16. The molecule has 8 heteroatoms. The third kappa shape index (κ3) is 5.51. The molecule has 2 aromatic rings. The van der Waals surface area contributed by atoms with Gasteiger partial charge in [0, 0.05) is 32.2 Å². The number of benzene rings is 2. The Morgan fingerprint density at radius 2 is 1.84 bits per heavy atom. The summed E-state index contributed by atoms with van der Waals surface area (Å²) in [6.45, 7) is 7.54. The van der Waals surface area contributed by atoms with E-state index in [2.05, 4.69) is 17.2 Å². The highest BCUT2D eigenvalue weighted by Crippen LogP contribution is 2.31. The van der Waals surface area contributed by atoms with Gasteiger partial charge in [0.2, 0.25) is 0 Å². The van der Waals surface area contributed by atoms with Gasteiger partial charge in [-0.05, 0) is 48.7 Å². The molecule has 0 aliphatic carbocycles. The van der Waals surface area contributed by atoms with Crippen molar-refractivity contribution in [3.8, 4) is 11.5 Å². The molecule has 0 radical (unpaired) electrons. The summed E-state index contributed by atoms with van der Waals surface area (Å²) in [5.74, 6) is 1.35. The zero-order chi connectivity index (χ0) is 23.1. The summed E-state index contributed by atoms with van der Waals surface area (Å²) in [4.78, 5) is 29.1. The molecule has 170 valence electrons. The number of nitrogens with one attached hydrogen (secondary N) is 2. The molecule has 1 fully saturated rings. The van der Waals surface area contributed by atoms with Gasteiger partial charge in [0.05, 0.1) is 25.6 Å². The number of amides is 4. The summed E-state index contributed by atoms with van der Waals surface area (Å²) in [5, 5.41) is 5.55. The van der Waals surface area contributed by atoms with Gasteiger partial charge in [-0.25, -0.2) is 9.59 Å². The van der Waals surface area contributed by atoms with Crippen LogP contribution >= 0.6 is 0 Å². The lowest BCUT2D eigenvalue weighted by molar-refractivity contribution is 0.192. The number of methoxy groups -OCH3 is 2. The predicted octanol–water partition coefficient (Wildman–Crippen LogP) is 4.15. The second-order valence-electron chi connectivity index (χ2n) is 7.57. The van der Waals surface area contributed by atoms with E-state index < -0.39 is 0 Å². The molecule has 0 atom stereocenters. The van der Waals surface area contributed by atoms with E-state index in [1.54, 1.807) is 36.2 Å². The lowest BCUT2D eigenvalue weighted by atomic mass is 10.1. The highest BCUT2D eigenvalue weighted by atomic mass is 16.5. The molecule has 3 rings (SSSR count). The van der Waals surface area contributed by atoms with Crippen LogP contribution in [-0.4, -0.2) is 50.8 Å². The van der Waals surface area contributed by atoms with Crippen LogP contribution in [0.15, 0.2) is 49.1 Å². The molecular weight excluding hydrogens is 408 g/mol. The molecular formula is C24H30N4O4. The smallest absolute Gasteiger partial charge is 0.324 e. The zero-order valence-corrected chi connectivity index (χ0v) is 18.8. The number of urea groups is 2. The van der Waals surface area contributed by atoms with Crippen LogP contribution in [0.2, 0.25) is 0 Å². The van der Waals surface area contributed by atoms with Crippen molar-refractivity contribution < 1.29 is 19.1 Å². The fourth-order valence-corrected chi connectivity index (χ4v) is 3.65. The molecule has 8 nitrogen and oxygen atoms in total. The first-order valence-electron chi connectivity index (χ1n) is 10.5. The van der Waals surface area contributed by atoms with Gasteiger partial charge in [-0.3, -0.25) is 4.90 Å². The molecule has 1 aliphatic rings. The van der Waals surface area contributed by atoms with Crippen LogP contribution in [0.3, 0.4) is 0 Å². The van der Waals surface area contributed by atoms with Gasteiger partial charge in [-0.1, -0.05) is 12.1 Å². The Hall–Kier alpha value is -3.68. The average Bonchev–Trinajstić information content (AvgIpc) is 2.79. The minimum absolute atomic E-state index is 0.114. The van der Waals surface area contributed by atoms with Crippen LogP contribution in [0, 0.1) is 6.92 Å². The summed E-state index contributed by atoms with van der Waals surface area (Å²) >= 11 is 0. The maximum Gasteiger partial charge on any atom is 0.324 e. The largest absolute Gasteiger partial charge is 0.497 e. The fourth-order valence-electron chi connectivity index (χ4n) is 3.65. The molecule has 2 aromatic carbocycles. The number of rotatable bonds is 8. The molecule has 0 saturated carbocycles. The predicted molar refractivity (Wildman–Crippen MR) is 126 cm³/mol. The van der Waals surface area contributed by atoms with Crippen molar-refractivity contribution in [2.24, 2.45) is 0 Å². The minimum atomic E-state index is -0.346. The van der Waals surface area contributed by atoms with Crippen molar-refractivity contribution in [3.05, 3.63) is 60.2 Å². The monoisotopic (exact) mass is 438 g/mol. The molecule has 4 amide bonds. The second-order valence-corrected chi connectivity index (χ2v) is 7.57. The van der Waals surface area contributed by atoms with E-state index in [1.165, 1.54) is 0 Å². The molecule has 0 aromatic heterocycles. The van der Waals surface area contributed by atoms with Crippen molar-refractivity contribution >= 4 is 23.4 Å². The average molecular weight is 439 g/mol. The number of hydrogen-bond acceptors (Lipinski definition) is 4. The maximum absolute atomic E-state index is 13.4. The first kappa shape index (κ1) is 23.0. The number of anilines is 2. The standard InChI is InChI=1S/C24H30N4O4/c1-5-9-25-23(29)26-21-12-17(2)7-8-22(21)28-11-6-10-27(24(28)30)16-18-13-19(31-3)15-20(14-18)32-4/h5,7-8,12-15H,1,6,9-11,16H2,2-4H3,(H2,25,26,29). The summed E-state index contributed by atoms with van der Waals surface area (Å²) in [6, 6.07) is 10.8. The highest BCUT2D eigenvalue weighted by Gasteiger charge is 2.29. The molecule has 1 heterocycles. The summed E-state index contributed by atoms with van der Waals surface area (Å²) in [7, 11) is 3.20. The van der Waals surface area contributed by atoms with Crippen molar-refractivity contribution in [2.45, 2.75) is 19.9 Å². The Bertz CT molecular complexity index is 970. The molecule has 0 bridgehead atoms. The van der Waals surface area contributed by atoms with Crippen LogP contribution in [-0.2, 0) is 6.54 Å². The van der Waals surface area contributed by atoms with Crippen molar-refractivity contribution in [3.63, 3.8) is 0 Å². The quantitative estimate of drug-likeness (QED) is 0.607. The Labute approximate surface area is 188 Å². The van der Waals surface area contributed by atoms with Crippen LogP contribution in [0.25, 0.3) is 0 Å². The van der Waals surface area contributed by atoms with Gasteiger partial charge in [0.15, 0.2) is 0 Å². The van der Waals surface area contributed by atoms with E-state index in [1.807, 2.05) is 37.3 Å². The number of carbonyl (C=O) groups excluding carboxylic acids is 2. The Balaban J connectivity index is 1.82. The van der Waals surface area contributed by atoms with Gasteiger partial charge in [0.25, 0.3) is 0 Å². The third-order valence-electron chi connectivity index (χ3n) is 5.19. The SMILES string of the molecule is C=CCNC(=O)Nc1cc(C)ccc1N1CCCN(Cc2cc(OC)cc(OC)c2)C1=O. The first-order chi connectivity index (χ1) is 15.4. The Kier molecular flexibility index (Phi) is 7.59. The lowest BCUT2D eigenvalue weighted by Crippen LogP contribution is -2.49. The van der Waals surface area contributed by atoms with Crippen LogP contribution in [0.1, 0.15) is 17.5 Å². The van der Waals surface area contributed by atoms with Crippen LogP contribution < -0.4 is 25.0 Å². The number of ether oxygens (including phenoxy) is 2. The number of aryl methyl sites for hydroxylation is 1. The van der Waals surface area contributed by atoms with Crippen molar-refractivity contribution in [1.29, 1.82) is 0 Å². The Morgan fingerprint density at radius 3 is 2.50 bits per heavy atom. The highest BCUT2D eigenvalue weighted by molar-refractivity contribution is 6.00. The topological polar surface area (TPSA) is 83.1 Å². The summed E-state index contributed by atoms with van der Waals surface area (Å²) in [6.07, 6.45) is 2.42. The van der Waals surface area contributed by atoms with Gasteiger partial charge in [-0.2, -0.15) is 0 Å². The molecule has 1 aliphatic heterocycles. The number of nitrogens with zero attached hydrogens (tertiary/aromatic N) is 2. The van der Waals surface area contributed by atoms with E-state index in [0.717, 1.165) is 17.5 Å². The van der Waals surface area contributed by atoms with Crippen LogP contribution in [0.5, 0.6) is 11.5 Å². The molecule has 0 spiro atoms. The van der Waals surface area contributed by atoms with Gasteiger partial charge in [-0.15, -0.1) is 6.58 Å². The Morgan fingerprint density at radius 1 is 1.12 bits per heavy atom. The van der Waals surface area contributed by atoms with E-state index in [9.17, 15) is 9.59 Å². The van der Waals surface area contributed by atoms with Gasteiger partial charge < -0.3 is 25.0 Å². The van der Waals surface area contributed by atoms with Crippen LogP contribution in [0.4, 0.5) is 21.0 Å². The first-order valence-corrected chi connectivity index (χ1v) is 10.5. The number of carbonyl (C=O) groups is 2. The van der Waals surface area contributed by atoms with Gasteiger partial charge >= 0.3 is 12.1 Å². The van der Waals surface area contributed by atoms with E-state index in [-0.39, 0.29) is 12.1 Å². The summed E-state index contributed by atoms with van der Waals surface area (Å²) < 4.78 is 10.7. The fraction of sp³-hybridized carbons (Fsp3) is 0.333. The lowest BCUT2D eigenvalue weighted by Gasteiger charge is -2.36. The zero-order valence-electron chi connectivity index (χ0n) is 18.8. The minimum Gasteiger partial charge on any atom is -0.497 e. The molecule has 1 saturated heterocycles. The van der Waals surface area contributed by atoms with Crippen molar-refractivity contribution in [1.82, 2.24) is 10.2 Å². The second kappa shape index (κ2) is 10.6. The molecule has 2 N–H and O–H groups in total. The number of hydrogen-bond donors (Lipinski definition) is 2. The molecule has 32 heavy (non-hydrogen) atoms. The third-order valence-corrected chi connectivity index (χ3v) is 5.19. The molecule has 0 unspecified atom stereocenters. The van der Waals surface area contributed by atoms with Crippen molar-refractivity contribution in [2.75, 3.05) is 44.1 Å². The van der Waals surface area contributed by atoms with E-state index >= 15 is 0 Å². The van der Waals surface area contributed by atoms with E-state index in [4.69, 9.17) is 9.47 Å². The maximum atomic E-state index is 13.4. The van der Waals surface area contributed by atoms with Gasteiger partial charge in [0.1, 0.15) is 11.5 Å².